The molecular weight excluding hydrogens is 326 g/mol. The van der Waals surface area contributed by atoms with Gasteiger partial charge in [-0.3, -0.25) is 14.5 Å². The van der Waals surface area contributed by atoms with Crippen LogP contribution in [0.5, 0.6) is 0 Å². The van der Waals surface area contributed by atoms with Gasteiger partial charge in [0.2, 0.25) is 0 Å². The van der Waals surface area contributed by atoms with Crippen molar-refractivity contribution in [2.24, 2.45) is 0 Å². The highest BCUT2D eigenvalue weighted by molar-refractivity contribution is 7.15. The Bertz CT molecular complexity index is 780. The van der Waals surface area contributed by atoms with Gasteiger partial charge in [-0.2, -0.15) is 0 Å². The second-order valence-corrected chi connectivity index (χ2v) is 5.09. The molecule has 1 N–H and O–H groups in total. The van der Waals surface area contributed by atoms with Crippen LogP contribution in [0.15, 0.2) is 35.8 Å². The Morgan fingerprint density at radius 3 is 2.54 bits per heavy atom. The highest BCUT2D eigenvalue weighted by Crippen LogP contribution is 2.30. The van der Waals surface area contributed by atoms with Crippen molar-refractivity contribution in [1.82, 2.24) is 9.38 Å². The lowest BCUT2D eigenvalue weighted by Crippen LogP contribution is -1.94. The first kappa shape index (κ1) is 19.8. The number of fused-ring (bicyclic) bond motifs is 1. The van der Waals surface area contributed by atoms with Crippen molar-refractivity contribution in [3.63, 3.8) is 0 Å². The smallest absolute Gasteiger partial charge is 0.278 e. The standard InChI is InChI=1S/C13H11N3O3S.2C2H6/c17-6-5-9-8-20-13-14-11(7-15(9)13)10-3-1-2-4-12(10)16(18)19;2*1-2/h1-4,7-8,17H,5-6H2;2*1-2H3. The van der Waals surface area contributed by atoms with Crippen LogP contribution in [-0.4, -0.2) is 26.0 Å². The lowest BCUT2D eigenvalue weighted by atomic mass is 10.1. The number of hydrogen-bond acceptors (Lipinski definition) is 5. The molecule has 0 bridgehead atoms. The Kier molecular flexibility index (Phi) is 8.08. The van der Waals surface area contributed by atoms with E-state index >= 15 is 0 Å². The number of para-hydroxylation sites is 1. The summed E-state index contributed by atoms with van der Waals surface area (Å²) in [6.07, 6.45) is 2.31. The molecule has 130 valence electrons. The Morgan fingerprint density at radius 2 is 1.92 bits per heavy atom. The summed E-state index contributed by atoms with van der Waals surface area (Å²) in [5.74, 6) is 0. The fourth-order valence-electron chi connectivity index (χ4n) is 2.10. The summed E-state index contributed by atoms with van der Waals surface area (Å²) in [5.41, 5.74) is 2.07. The molecule has 2 aromatic heterocycles. The SMILES string of the molecule is CC.CC.O=[N+]([O-])c1ccccc1-c1cn2c(CCO)csc2n1. The topological polar surface area (TPSA) is 80.7 Å². The molecule has 3 aromatic rings. The van der Waals surface area contributed by atoms with Gasteiger partial charge in [0, 0.05) is 36.4 Å². The Hall–Kier alpha value is -2.25. The summed E-state index contributed by atoms with van der Waals surface area (Å²) in [6.45, 7) is 8.06. The van der Waals surface area contributed by atoms with Crippen molar-refractivity contribution in [3.05, 3.63) is 51.7 Å². The summed E-state index contributed by atoms with van der Waals surface area (Å²) in [4.78, 5) is 15.8. The number of nitro benzene ring substituents is 1. The van der Waals surface area contributed by atoms with Crippen molar-refractivity contribution >= 4 is 22.0 Å². The highest BCUT2D eigenvalue weighted by atomic mass is 32.1. The van der Waals surface area contributed by atoms with Crippen LogP contribution in [0.3, 0.4) is 0 Å². The molecule has 1 aromatic carbocycles. The molecule has 0 amide bonds. The van der Waals surface area contributed by atoms with Crippen molar-refractivity contribution in [2.75, 3.05) is 6.61 Å². The van der Waals surface area contributed by atoms with Crippen LogP contribution in [0.4, 0.5) is 5.69 Å². The molecule has 24 heavy (non-hydrogen) atoms. The maximum Gasteiger partial charge on any atom is 0.278 e. The summed E-state index contributed by atoms with van der Waals surface area (Å²) in [6, 6.07) is 6.55. The van der Waals surface area contributed by atoms with E-state index in [1.165, 1.54) is 17.4 Å². The summed E-state index contributed by atoms with van der Waals surface area (Å²) < 4.78 is 1.87. The number of nitrogens with zero attached hydrogens (tertiary/aromatic N) is 3. The normalized spacial score (nSPS) is 9.71. The van der Waals surface area contributed by atoms with E-state index in [1.54, 1.807) is 24.4 Å². The number of nitro groups is 1. The number of aromatic nitrogens is 2. The molecule has 7 heteroatoms. The molecule has 0 unspecified atom stereocenters. The number of thiazole rings is 1. The van der Waals surface area contributed by atoms with Crippen molar-refractivity contribution in [1.29, 1.82) is 0 Å². The van der Waals surface area contributed by atoms with E-state index in [4.69, 9.17) is 5.11 Å². The van der Waals surface area contributed by atoms with Gasteiger partial charge >= 0.3 is 0 Å². The van der Waals surface area contributed by atoms with E-state index in [9.17, 15) is 10.1 Å². The zero-order valence-electron chi connectivity index (χ0n) is 14.4. The minimum absolute atomic E-state index is 0.0435. The first-order valence-corrected chi connectivity index (χ1v) is 8.89. The molecule has 0 saturated carbocycles. The average molecular weight is 349 g/mol. The average Bonchev–Trinajstić information content (AvgIpc) is 3.21. The second kappa shape index (κ2) is 9.79. The highest BCUT2D eigenvalue weighted by Gasteiger charge is 2.17. The molecule has 0 saturated heterocycles. The van der Waals surface area contributed by atoms with Crippen LogP contribution in [0.2, 0.25) is 0 Å². The lowest BCUT2D eigenvalue weighted by molar-refractivity contribution is -0.384. The first-order valence-electron chi connectivity index (χ1n) is 8.01. The van der Waals surface area contributed by atoms with E-state index in [1.807, 2.05) is 37.5 Å². The Morgan fingerprint density at radius 1 is 1.25 bits per heavy atom. The minimum Gasteiger partial charge on any atom is -0.396 e. The van der Waals surface area contributed by atoms with Crippen LogP contribution in [0.25, 0.3) is 16.2 Å². The Labute approximate surface area is 145 Å². The van der Waals surface area contributed by atoms with Crippen LogP contribution < -0.4 is 0 Å². The number of imidazole rings is 1. The summed E-state index contributed by atoms with van der Waals surface area (Å²) in [7, 11) is 0. The predicted molar refractivity (Wildman–Crippen MR) is 98.6 cm³/mol. The molecule has 3 rings (SSSR count). The van der Waals surface area contributed by atoms with Gasteiger partial charge in [-0.15, -0.1) is 11.3 Å². The zero-order valence-corrected chi connectivity index (χ0v) is 15.2. The largest absolute Gasteiger partial charge is 0.396 e. The number of aliphatic hydroxyl groups is 1. The van der Waals surface area contributed by atoms with E-state index in [2.05, 4.69) is 4.98 Å². The number of aliphatic hydroxyl groups excluding tert-OH is 1. The van der Waals surface area contributed by atoms with Crippen LogP contribution >= 0.6 is 11.3 Å². The van der Waals surface area contributed by atoms with Gasteiger partial charge in [0.1, 0.15) is 0 Å². The third-order valence-electron chi connectivity index (χ3n) is 3.03. The fourth-order valence-corrected chi connectivity index (χ4v) is 3.01. The molecule has 2 heterocycles. The molecular formula is C17H23N3O3S. The number of hydrogen-bond donors (Lipinski definition) is 1. The minimum atomic E-state index is -0.405. The second-order valence-electron chi connectivity index (χ2n) is 4.25. The van der Waals surface area contributed by atoms with Gasteiger partial charge < -0.3 is 5.11 Å². The molecule has 0 aliphatic carbocycles. The third-order valence-corrected chi connectivity index (χ3v) is 3.92. The summed E-state index contributed by atoms with van der Waals surface area (Å²) in [5, 5.41) is 22.0. The lowest BCUT2D eigenvalue weighted by Gasteiger charge is -1.98. The van der Waals surface area contributed by atoms with Crippen molar-refractivity contribution < 1.29 is 10.0 Å². The maximum atomic E-state index is 11.1. The summed E-state index contributed by atoms with van der Waals surface area (Å²) >= 11 is 1.45. The molecule has 0 aliphatic rings. The quantitative estimate of drug-likeness (QED) is 0.553. The zero-order chi connectivity index (χ0) is 18.1. The first-order chi connectivity index (χ1) is 11.7. The number of rotatable bonds is 4. The van der Waals surface area contributed by atoms with Crippen molar-refractivity contribution in [3.8, 4) is 11.3 Å². The van der Waals surface area contributed by atoms with Gasteiger partial charge in [-0.1, -0.05) is 39.8 Å². The molecule has 0 aliphatic heterocycles. The predicted octanol–water partition coefficient (Wildman–Crippen LogP) is 4.56. The van der Waals surface area contributed by atoms with Crippen LogP contribution in [0, 0.1) is 10.1 Å². The van der Waals surface area contributed by atoms with Gasteiger partial charge in [-0.25, -0.2) is 4.98 Å². The van der Waals surface area contributed by atoms with Gasteiger partial charge in [-0.05, 0) is 6.07 Å². The maximum absolute atomic E-state index is 11.1. The van der Waals surface area contributed by atoms with Crippen LogP contribution in [0.1, 0.15) is 33.4 Å². The fraction of sp³-hybridized carbons (Fsp3) is 0.353. The molecule has 0 spiro atoms. The Balaban J connectivity index is 0.000000671. The van der Waals surface area contributed by atoms with E-state index < -0.39 is 4.92 Å². The van der Waals surface area contributed by atoms with Gasteiger partial charge in [0.15, 0.2) is 4.96 Å². The third kappa shape index (κ3) is 4.18. The van der Waals surface area contributed by atoms with Crippen molar-refractivity contribution in [2.45, 2.75) is 34.1 Å². The molecule has 0 fully saturated rings. The van der Waals surface area contributed by atoms with E-state index in [0.29, 0.717) is 17.7 Å². The molecule has 0 atom stereocenters. The number of benzene rings is 1. The van der Waals surface area contributed by atoms with Gasteiger partial charge in [0.05, 0.1) is 16.2 Å². The monoisotopic (exact) mass is 349 g/mol. The molecule has 6 nitrogen and oxygen atoms in total. The van der Waals surface area contributed by atoms with Crippen LogP contribution in [-0.2, 0) is 6.42 Å². The van der Waals surface area contributed by atoms with E-state index in [0.717, 1.165) is 10.7 Å². The van der Waals surface area contributed by atoms with E-state index in [-0.39, 0.29) is 12.3 Å². The molecule has 0 radical (unpaired) electrons. The van der Waals surface area contributed by atoms with Gasteiger partial charge in [0.25, 0.3) is 5.69 Å².